The van der Waals surface area contributed by atoms with E-state index in [1.54, 1.807) is 0 Å². The van der Waals surface area contributed by atoms with Gasteiger partial charge in [0.15, 0.2) is 0 Å². The molecular weight excluding hydrogens is 607 g/mol. The third kappa shape index (κ3) is 12.5. The zero-order valence-corrected chi connectivity index (χ0v) is 30.7. The summed E-state index contributed by atoms with van der Waals surface area (Å²) in [6.45, 7) is 13.9. The molecule has 0 N–H and O–H groups in total. The molecule has 0 unspecified atom stereocenters. The third-order valence-corrected chi connectivity index (χ3v) is 18.8. The molecule has 0 radical (unpaired) electrons. The molecule has 0 fully saturated rings. The monoisotopic (exact) mass is 672 g/mol. The van der Waals surface area contributed by atoms with Crippen LogP contribution in [0.2, 0.25) is 8.87 Å². The molecule has 41 heavy (non-hydrogen) atoms. The predicted octanol–water partition coefficient (Wildman–Crippen LogP) is 13.1. The first-order valence-corrected chi connectivity index (χ1v) is 24.0. The molecule has 0 saturated carbocycles. The summed E-state index contributed by atoms with van der Waals surface area (Å²) in [5.41, 5.74) is 2.78. The molecule has 0 amide bonds. The second-order valence-electron chi connectivity index (χ2n) is 12.3. The van der Waals surface area contributed by atoms with Crippen LogP contribution in [-0.2, 0) is 0 Å². The fraction of sp³-hybridized carbons (Fsp3) is 0.684. The van der Waals surface area contributed by atoms with Crippen LogP contribution in [0.4, 0.5) is 0 Å². The van der Waals surface area contributed by atoms with Crippen LogP contribution >= 0.6 is 0 Å². The van der Waals surface area contributed by atoms with E-state index in [1.165, 1.54) is 88.2 Å². The average molecular weight is 672 g/mol. The van der Waals surface area contributed by atoms with Crippen molar-refractivity contribution in [3.05, 3.63) is 59.7 Å². The zero-order chi connectivity index (χ0) is 29.8. The summed E-state index contributed by atoms with van der Waals surface area (Å²) < 4.78 is 17.2. The SMILES string of the molecule is CCCCCCC[CH2][Sn]([CH2]CCCCCCC)([O]c1ccccc1C(CC)CC)[O]c1ccccc1C(CC)CC. The summed E-state index contributed by atoms with van der Waals surface area (Å²) in [5, 5.41) is 0. The standard InChI is InChI=1S/2C11H16O.2C8H17.Sn/c2*1-3-9(4-2)10-7-5-6-8-11(10)12;2*1-3-5-7-8-6-4-2;/h2*5-9,12H,3-4H2,1-2H3;2*1,3-8H2,2H3;/q;;;;+2/p-2. The molecule has 0 saturated heterocycles. The Labute approximate surface area is 260 Å². The van der Waals surface area contributed by atoms with E-state index in [1.807, 2.05) is 0 Å². The van der Waals surface area contributed by atoms with Crippen LogP contribution in [0.25, 0.3) is 0 Å². The van der Waals surface area contributed by atoms with Crippen molar-refractivity contribution in [1.82, 2.24) is 0 Å². The van der Waals surface area contributed by atoms with Gasteiger partial charge in [0.05, 0.1) is 0 Å². The molecule has 3 heteroatoms. The van der Waals surface area contributed by atoms with Crippen molar-refractivity contribution in [1.29, 1.82) is 0 Å². The van der Waals surface area contributed by atoms with Crippen molar-refractivity contribution in [2.45, 2.75) is 165 Å². The van der Waals surface area contributed by atoms with Gasteiger partial charge in [-0.15, -0.1) is 0 Å². The quantitative estimate of drug-likeness (QED) is 0.0817. The van der Waals surface area contributed by atoms with Gasteiger partial charge in [0.2, 0.25) is 0 Å². The summed E-state index contributed by atoms with van der Waals surface area (Å²) in [7, 11) is 0. The molecule has 232 valence electrons. The fourth-order valence-corrected chi connectivity index (χ4v) is 16.2. The van der Waals surface area contributed by atoms with Gasteiger partial charge in [-0.05, 0) is 0 Å². The second kappa shape index (κ2) is 21.5. The van der Waals surface area contributed by atoms with Crippen LogP contribution < -0.4 is 6.15 Å². The van der Waals surface area contributed by atoms with E-state index >= 15 is 0 Å². The first-order chi connectivity index (χ1) is 20.1. The molecule has 0 heterocycles. The topological polar surface area (TPSA) is 18.5 Å². The molecule has 0 atom stereocenters. The summed E-state index contributed by atoms with van der Waals surface area (Å²) in [6.07, 6.45) is 20.3. The van der Waals surface area contributed by atoms with Gasteiger partial charge in [0.1, 0.15) is 0 Å². The van der Waals surface area contributed by atoms with Crippen molar-refractivity contribution in [3.8, 4) is 11.5 Å². The Morgan fingerprint density at radius 2 is 0.805 bits per heavy atom. The molecule has 0 aliphatic carbocycles. The van der Waals surface area contributed by atoms with Gasteiger partial charge in [0, 0.05) is 0 Å². The molecule has 0 aromatic heterocycles. The predicted molar refractivity (Wildman–Crippen MR) is 183 cm³/mol. The molecule has 0 aliphatic rings. The van der Waals surface area contributed by atoms with E-state index in [-0.39, 0.29) is 0 Å². The van der Waals surface area contributed by atoms with Crippen LogP contribution in [0.15, 0.2) is 48.5 Å². The Morgan fingerprint density at radius 3 is 1.17 bits per heavy atom. The minimum atomic E-state index is -3.63. The number of unbranched alkanes of at least 4 members (excludes halogenated alkanes) is 10. The average Bonchev–Trinajstić information content (AvgIpc) is 2.99. The van der Waals surface area contributed by atoms with Crippen molar-refractivity contribution in [2.75, 3.05) is 0 Å². The van der Waals surface area contributed by atoms with Gasteiger partial charge in [-0.25, -0.2) is 0 Å². The summed E-state index contributed by atoms with van der Waals surface area (Å²) in [6, 6.07) is 17.9. The first kappa shape index (κ1) is 36.0. The number of hydrogen-bond acceptors (Lipinski definition) is 2. The Bertz CT molecular complexity index is 842. The molecule has 2 aromatic rings. The van der Waals surface area contributed by atoms with Gasteiger partial charge in [0.25, 0.3) is 0 Å². The van der Waals surface area contributed by atoms with Crippen LogP contribution in [-0.4, -0.2) is 19.2 Å². The number of hydrogen-bond donors (Lipinski definition) is 0. The number of benzene rings is 2. The molecule has 2 aromatic carbocycles. The molecule has 0 spiro atoms. The van der Waals surface area contributed by atoms with Crippen molar-refractivity contribution >= 4 is 19.2 Å². The Balaban J connectivity index is 2.47. The van der Waals surface area contributed by atoms with Crippen LogP contribution in [0.5, 0.6) is 11.5 Å². The molecular formula is C38H64O2Sn. The molecule has 2 rings (SSSR count). The number of para-hydroxylation sites is 2. The zero-order valence-electron chi connectivity index (χ0n) is 27.8. The van der Waals surface area contributed by atoms with E-state index in [0.29, 0.717) is 11.8 Å². The van der Waals surface area contributed by atoms with E-state index in [0.717, 1.165) is 46.1 Å². The van der Waals surface area contributed by atoms with Gasteiger partial charge < -0.3 is 0 Å². The van der Waals surface area contributed by atoms with E-state index in [9.17, 15) is 0 Å². The second-order valence-corrected chi connectivity index (χ2v) is 21.5. The summed E-state index contributed by atoms with van der Waals surface area (Å²) >= 11 is -3.63. The van der Waals surface area contributed by atoms with E-state index in [4.69, 9.17) is 6.15 Å². The molecule has 0 bridgehead atoms. The maximum atomic E-state index is 7.47. The van der Waals surface area contributed by atoms with Crippen LogP contribution in [0, 0.1) is 0 Å². The maximum absolute atomic E-state index is 7.47. The Kier molecular flexibility index (Phi) is 18.9. The third-order valence-electron chi connectivity index (χ3n) is 9.10. The fourth-order valence-electron chi connectivity index (χ4n) is 6.38. The van der Waals surface area contributed by atoms with E-state index in [2.05, 4.69) is 90.1 Å². The Hall–Kier alpha value is -1.16. The minimum absolute atomic E-state index is 0.537. The Morgan fingerprint density at radius 1 is 0.463 bits per heavy atom. The van der Waals surface area contributed by atoms with E-state index < -0.39 is 19.2 Å². The van der Waals surface area contributed by atoms with Gasteiger partial charge in [-0.1, -0.05) is 0 Å². The summed E-state index contributed by atoms with van der Waals surface area (Å²) in [4.78, 5) is 0. The molecule has 0 aliphatic heterocycles. The van der Waals surface area contributed by atoms with Gasteiger partial charge in [-0.2, -0.15) is 0 Å². The number of rotatable bonds is 24. The van der Waals surface area contributed by atoms with Crippen LogP contribution in [0.1, 0.15) is 167 Å². The summed E-state index contributed by atoms with van der Waals surface area (Å²) in [5.74, 6) is 3.31. The first-order valence-electron chi connectivity index (χ1n) is 17.6. The molecule has 2 nitrogen and oxygen atoms in total. The van der Waals surface area contributed by atoms with Crippen LogP contribution in [0.3, 0.4) is 0 Å². The van der Waals surface area contributed by atoms with Crippen molar-refractivity contribution in [2.24, 2.45) is 0 Å². The van der Waals surface area contributed by atoms with Gasteiger partial charge in [-0.3, -0.25) is 0 Å². The van der Waals surface area contributed by atoms with Crippen molar-refractivity contribution < 1.29 is 6.15 Å². The van der Waals surface area contributed by atoms with Crippen molar-refractivity contribution in [3.63, 3.8) is 0 Å². The van der Waals surface area contributed by atoms with Gasteiger partial charge >= 0.3 is 261 Å². The normalized spacial score (nSPS) is 11.9.